The Labute approximate surface area is 172 Å². The molecule has 0 aliphatic heterocycles. The van der Waals surface area contributed by atoms with Crippen LogP contribution in [0, 0.1) is 6.92 Å². The molecule has 138 valence electrons. The van der Waals surface area contributed by atoms with Gasteiger partial charge >= 0.3 is 0 Å². The Hall–Kier alpha value is -1.15. The fraction of sp³-hybridized carbons (Fsp3) is 0.474. The first-order valence-electron chi connectivity index (χ1n) is 8.74. The second-order valence-electron chi connectivity index (χ2n) is 5.64. The monoisotopic (exact) mass is 472 g/mol. The van der Waals surface area contributed by atoms with E-state index in [9.17, 15) is 0 Å². The van der Waals surface area contributed by atoms with Gasteiger partial charge in [0.2, 0.25) is 0 Å². The number of nitrogens with zero attached hydrogens (tertiary/aromatic N) is 2. The number of halogens is 1. The number of hydrogen-bond donors (Lipinski definition) is 2. The molecule has 0 bridgehead atoms. The molecule has 2 aromatic rings. The molecule has 0 radical (unpaired) electrons. The number of hydrogen-bond acceptors (Lipinski definition) is 3. The lowest BCUT2D eigenvalue weighted by Gasteiger charge is -2.11. The van der Waals surface area contributed by atoms with E-state index in [2.05, 4.69) is 65.6 Å². The first-order valence-corrected chi connectivity index (χ1v) is 9.55. The van der Waals surface area contributed by atoms with Crippen LogP contribution in [0.4, 0.5) is 0 Å². The molecule has 4 nitrogen and oxygen atoms in total. The Balaban J connectivity index is 0.00000312. The summed E-state index contributed by atoms with van der Waals surface area (Å²) in [6.07, 6.45) is 2.91. The second kappa shape index (κ2) is 12.2. The Morgan fingerprint density at radius 2 is 1.88 bits per heavy atom. The first kappa shape index (κ1) is 21.9. The molecule has 25 heavy (non-hydrogen) atoms. The molecule has 6 heteroatoms. The largest absolute Gasteiger partial charge is 0.357 e. The van der Waals surface area contributed by atoms with Crippen LogP contribution in [-0.4, -0.2) is 30.6 Å². The van der Waals surface area contributed by atoms with E-state index in [4.69, 9.17) is 0 Å². The molecule has 0 aliphatic rings. The number of nitrogens with one attached hydrogen (secondary N) is 2. The van der Waals surface area contributed by atoms with E-state index in [0.29, 0.717) is 0 Å². The maximum atomic E-state index is 4.68. The van der Waals surface area contributed by atoms with E-state index >= 15 is 0 Å². The summed E-state index contributed by atoms with van der Waals surface area (Å²) in [6, 6.07) is 10.5. The maximum Gasteiger partial charge on any atom is 0.191 e. The van der Waals surface area contributed by atoms with E-state index < -0.39 is 0 Å². The fourth-order valence-electron chi connectivity index (χ4n) is 2.50. The Bertz CT molecular complexity index is 640. The lowest BCUT2D eigenvalue weighted by molar-refractivity contribution is 0.795. The highest BCUT2D eigenvalue weighted by molar-refractivity contribution is 14.0. The Morgan fingerprint density at radius 3 is 2.52 bits per heavy atom. The maximum absolute atomic E-state index is 4.68. The van der Waals surface area contributed by atoms with Gasteiger partial charge in [-0.25, -0.2) is 4.98 Å². The summed E-state index contributed by atoms with van der Waals surface area (Å²) in [4.78, 5) is 10.7. The summed E-state index contributed by atoms with van der Waals surface area (Å²) >= 11 is 1.80. The van der Waals surface area contributed by atoms with Crippen molar-refractivity contribution in [3.63, 3.8) is 0 Å². The van der Waals surface area contributed by atoms with E-state index in [-0.39, 0.29) is 24.0 Å². The minimum absolute atomic E-state index is 0. The van der Waals surface area contributed by atoms with Gasteiger partial charge in [0.15, 0.2) is 5.96 Å². The molecule has 0 amide bonds. The van der Waals surface area contributed by atoms with Crippen molar-refractivity contribution in [1.29, 1.82) is 0 Å². The number of thiazole rings is 1. The zero-order valence-corrected chi connectivity index (χ0v) is 18.5. The van der Waals surface area contributed by atoms with Crippen molar-refractivity contribution in [2.75, 3.05) is 19.6 Å². The van der Waals surface area contributed by atoms with Gasteiger partial charge in [0, 0.05) is 30.9 Å². The van der Waals surface area contributed by atoms with Crippen LogP contribution in [0.15, 0.2) is 35.3 Å². The number of aryl methyl sites for hydroxylation is 2. The quantitative estimate of drug-likeness (QED) is 0.347. The standard InChI is InChI=1S/C19H28N4S.HI/c1-4-17-15(3)24-18(23-17)12-14-22-19(20-5-2)21-13-11-16-9-7-6-8-10-16;/h6-10H,4-5,11-14H2,1-3H3,(H2,20,21,22);1H. The number of aromatic nitrogens is 1. The van der Waals surface area contributed by atoms with Crippen molar-refractivity contribution in [3.8, 4) is 0 Å². The van der Waals surface area contributed by atoms with Gasteiger partial charge < -0.3 is 10.6 Å². The molecule has 0 spiro atoms. The molecule has 1 aromatic heterocycles. The normalized spacial score (nSPS) is 11.1. The number of rotatable bonds is 8. The summed E-state index contributed by atoms with van der Waals surface area (Å²) in [5.41, 5.74) is 2.57. The summed E-state index contributed by atoms with van der Waals surface area (Å²) in [6.45, 7) is 8.91. The fourth-order valence-corrected chi connectivity index (χ4v) is 3.51. The SMILES string of the molecule is CCNC(=NCCc1nc(CC)c(C)s1)NCCc1ccccc1.I. The van der Waals surface area contributed by atoms with Crippen molar-refractivity contribution in [3.05, 3.63) is 51.5 Å². The predicted octanol–water partition coefficient (Wildman–Crippen LogP) is 3.97. The smallest absolute Gasteiger partial charge is 0.191 e. The van der Waals surface area contributed by atoms with Crippen LogP contribution in [0.5, 0.6) is 0 Å². The lowest BCUT2D eigenvalue weighted by Crippen LogP contribution is -2.38. The minimum atomic E-state index is 0. The Kier molecular flexibility index (Phi) is 10.7. The van der Waals surface area contributed by atoms with Crippen molar-refractivity contribution < 1.29 is 0 Å². The Morgan fingerprint density at radius 1 is 1.12 bits per heavy atom. The zero-order chi connectivity index (χ0) is 17.2. The van der Waals surface area contributed by atoms with Crippen LogP contribution in [0.25, 0.3) is 0 Å². The van der Waals surface area contributed by atoms with Crippen LogP contribution in [-0.2, 0) is 19.3 Å². The van der Waals surface area contributed by atoms with Gasteiger partial charge in [0.05, 0.1) is 10.7 Å². The third-order valence-electron chi connectivity index (χ3n) is 3.76. The first-order chi connectivity index (χ1) is 11.7. The van der Waals surface area contributed by atoms with Gasteiger partial charge in [0.1, 0.15) is 0 Å². The van der Waals surface area contributed by atoms with E-state index in [0.717, 1.165) is 44.9 Å². The molecule has 2 rings (SSSR count). The summed E-state index contributed by atoms with van der Waals surface area (Å²) in [5, 5.41) is 7.90. The molecule has 0 saturated carbocycles. The molecular weight excluding hydrogens is 443 g/mol. The average molecular weight is 472 g/mol. The summed E-state index contributed by atoms with van der Waals surface area (Å²) < 4.78 is 0. The molecule has 2 N–H and O–H groups in total. The van der Waals surface area contributed by atoms with Gasteiger partial charge in [-0.05, 0) is 32.3 Å². The van der Waals surface area contributed by atoms with E-state index in [1.54, 1.807) is 11.3 Å². The van der Waals surface area contributed by atoms with Crippen molar-refractivity contribution >= 4 is 41.3 Å². The van der Waals surface area contributed by atoms with Crippen LogP contribution in [0.2, 0.25) is 0 Å². The average Bonchev–Trinajstić information content (AvgIpc) is 2.95. The summed E-state index contributed by atoms with van der Waals surface area (Å²) in [7, 11) is 0. The third-order valence-corrected chi connectivity index (χ3v) is 4.83. The highest BCUT2D eigenvalue weighted by atomic mass is 127. The summed E-state index contributed by atoms with van der Waals surface area (Å²) in [5.74, 6) is 0.887. The van der Waals surface area contributed by atoms with E-state index in [1.807, 2.05) is 6.07 Å². The number of aliphatic imine (C=N–C) groups is 1. The molecule has 0 atom stereocenters. The second-order valence-corrected chi connectivity index (χ2v) is 6.92. The molecule has 1 heterocycles. The number of guanidine groups is 1. The van der Waals surface area contributed by atoms with Crippen molar-refractivity contribution in [2.24, 2.45) is 4.99 Å². The molecule has 0 saturated heterocycles. The van der Waals surface area contributed by atoms with Crippen LogP contribution >= 0.6 is 35.3 Å². The lowest BCUT2D eigenvalue weighted by atomic mass is 10.1. The van der Waals surface area contributed by atoms with Crippen LogP contribution in [0.3, 0.4) is 0 Å². The van der Waals surface area contributed by atoms with Crippen LogP contribution < -0.4 is 10.6 Å². The zero-order valence-electron chi connectivity index (χ0n) is 15.3. The van der Waals surface area contributed by atoms with Gasteiger partial charge in [-0.2, -0.15) is 0 Å². The third kappa shape index (κ3) is 7.73. The molecular formula is C19H29IN4S. The molecule has 0 fully saturated rings. The number of benzene rings is 1. The topological polar surface area (TPSA) is 49.3 Å². The van der Waals surface area contributed by atoms with Crippen molar-refractivity contribution in [1.82, 2.24) is 15.6 Å². The minimum Gasteiger partial charge on any atom is -0.357 e. The van der Waals surface area contributed by atoms with Gasteiger partial charge in [-0.3, -0.25) is 4.99 Å². The predicted molar refractivity (Wildman–Crippen MR) is 119 cm³/mol. The van der Waals surface area contributed by atoms with Crippen LogP contribution in [0.1, 0.15) is 35.0 Å². The van der Waals surface area contributed by atoms with Gasteiger partial charge in [-0.1, -0.05) is 37.3 Å². The van der Waals surface area contributed by atoms with Crippen molar-refractivity contribution in [2.45, 2.75) is 40.0 Å². The molecule has 0 unspecified atom stereocenters. The van der Waals surface area contributed by atoms with E-state index in [1.165, 1.54) is 21.1 Å². The van der Waals surface area contributed by atoms with Gasteiger partial charge in [0.25, 0.3) is 0 Å². The van der Waals surface area contributed by atoms with Gasteiger partial charge in [-0.15, -0.1) is 35.3 Å². The molecule has 0 aliphatic carbocycles. The highest BCUT2D eigenvalue weighted by Gasteiger charge is 2.05. The highest BCUT2D eigenvalue weighted by Crippen LogP contribution is 2.18. The molecule has 1 aromatic carbocycles.